The fourth-order valence-corrected chi connectivity index (χ4v) is 5.28. The molecule has 0 aliphatic heterocycles. The van der Waals surface area contributed by atoms with Crippen molar-refractivity contribution >= 4 is 11.9 Å². The number of amides is 1. The number of esters is 1. The van der Waals surface area contributed by atoms with Crippen LogP contribution in [0.5, 0.6) is 0 Å². The highest BCUT2D eigenvalue weighted by Gasteiger charge is 2.15. The molecule has 0 heterocycles. The molecule has 0 atom stereocenters. The van der Waals surface area contributed by atoms with E-state index in [4.69, 9.17) is 23.7 Å². The van der Waals surface area contributed by atoms with E-state index >= 15 is 0 Å². The number of carbonyl (C=O) groups is 2. The Kier molecular flexibility index (Phi) is 36.2. The van der Waals surface area contributed by atoms with Gasteiger partial charge in [-0.2, -0.15) is 0 Å². The van der Waals surface area contributed by atoms with Crippen molar-refractivity contribution in [3.63, 3.8) is 0 Å². The number of unbranched alkanes of at least 4 members (excludes halogenated alkanes) is 18. The van der Waals surface area contributed by atoms with Crippen LogP contribution in [-0.4, -0.2) is 89.8 Å². The van der Waals surface area contributed by atoms with Gasteiger partial charge in [0.1, 0.15) is 6.61 Å². The van der Waals surface area contributed by atoms with E-state index in [1.165, 1.54) is 116 Å². The SMILES string of the molecule is CCCCCCCCCCCCN(CCCCCCCCCCCC)C(=O)CCC(=O)OCCOCCOCCOCCOC. The summed E-state index contributed by atoms with van der Waals surface area (Å²) >= 11 is 0. The zero-order valence-corrected chi connectivity index (χ0v) is 29.9. The van der Waals surface area contributed by atoms with E-state index in [0.29, 0.717) is 46.2 Å². The highest BCUT2D eigenvalue weighted by molar-refractivity contribution is 5.81. The molecule has 0 unspecified atom stereocenters. The van der Waals surface area contributed by atoms with Crippen molar-refractivity contribution in [3.8, 4) is 0 Å². The van der Waals surface area contributed by atoms with E-state index in [9.17, 15) is 9.59 Å². The summed E-state index contributed by atoms with van der Waals surface area (Å²) in [4.78, 5) is 27.3. The van der Waals surface area contributed by atoms with Crippen molar-refractivity contribution in [1.29, 1.82) is 0 Å². The summed E-state index contributed by atoms with van der Waals surface area (Å²) in [6.45, 7) is 9.69. The van der Waals surface area contributed by atoms with Crippen LogP contribution in [0.2, 0.25) is 0 Å². The van der Waals surface area contributed by atoms with Gasteiger partial charge in [-0.3, -0.25) is 9.59 Å². The van der Waals surface area contributed by atoms with Gasteiger partial charge in [-0.25, -0.2) is 0 Å². The van der Waals surface area contributed by atoms with Crippen molar-refractivity contribution in [2.24, 2.45) is 0 Å². The minimum atomic E-state index is -0.339. The largest absolute Gasteiger partial charge is 0.463 e. The van der Waals surface area contributed by atoms with Crippen LogP contribution >= 0.6 is 0 Å². The third kappa shape index (κ3) is 33.9. The zero-order valence-electron chi connectivity index (χ0n) is 29.9. The Morgan fingerprint density at radius 3 is 1.20 bits per heavy atom. The first kappa shape index (κ1) is 43.8. The van der Waals surface area contributed by atoms with Crippen LogP contribution in [-0.2, 0) is 33.3 Å². The minimum Gasteiger partial charge on any atom is -0.463 e. The molecular weight excluding hydrogens is 570 g/mol. The van der Waals surface area contributed by atoms with Crippen LogP contribution in [0.3, 0.4) is 0 Å². The van der Waals surface area contributed by atoms with Gasteiger partial charge in [0.05, 0.1) is 52.7 Å². The fourth-order valence-electron chi connectivity index (χ4n) is 5.28. The van der Waals surface area contributed by atoms with Crippen LogP contribution in [0.25, 0.3) is 0 Å². The molecule has 0 N–H and O–H groups in total. The van der Waals surface area contributed by atoms with Gasteiger partial charge in [0.25, 0.3) is 0 Å². The Hall–Kier alpha value is -1.22. The second-order valence-electron chi connectivity index (χ2n) is 12.3. The minimum absolute atomic E-state index is 0.0818. The van der Waals surface area contributed by atoms with E-state index in [1.807, 2.05) is 4.90 Å². The van der Waals surface area contributed by atoms with E-state index in [1.54, 1.807) is 7.11 Å². The van der Waals surface area contributed by atoms with Gasteiger partial charge < -0.3 is 28.6 Å². The first-order chi connectivity index (χ1) is 22.2. The van der Waals surface area contributed by atoms with Crippen molar-refractivity contribution in [3.05, 3.63) is 0 Å². The molecule has 0 aliphatic carbocycles. The summed E-state index contributed by atoms with van der Waals surface area (Å²) < 4.78 is 26.4. The predicted octanol–water partition coefficient (Wildman–Crippen LogP) is 8.68. The average molecular weight is 644 g/mol. The molecule has 1 amide bonds. The Balaban J connectivity index is 4.14. The number of carbonyl (C=O) groups excluding carboxylic acids is 2. The molecular formula is C37H73NO7. The van der Waals surface area contributed by atoms with Crippen molar-refractivity contribution < 1.29 is 33.3 Å². The Morgan fingerprint density at radius 2 is 0.800 bits per heavy atom. The standard InChI is InChI=1S/C37H73NO7/c1-4-6-8-10-12-14-16-18-20-22-26-38(27-23-21-19-17-15-13-11-9-7-5-2)36(39)24-25-37(40)45-35-34-44-33-32-43-31-30-42-29-28-41-3/h4-35H2,1-3H3. The van der Waals surface area contributed by atoms with Gasteiger partial charge in [0, 0.05) is 26.6 Å². The highest BCUT2D eigenvalue weighted by Crippen LogP contribution is 2.14. The third-order valence-electron chi connectivity index (χ3n) is 8.13. The molecule has 0 spiro atoms. The zero-order chi connectivity index (χ0) is 32.9. The number of rotatable bonds is 37. The van der Waals surface area contributed by atoms with Gasteiger partial charge in [0.15, 0.2) is 0 Å². The van der Waals surface area contributed by atoms with Gasteiger partial charge in [-0.05, 0) is 12.8 Å². The van der Waals surface area contributed by atoms with E-state index in [0.717, 1.165) is 25.9 Å². The Labute approximate surface area is 278 Å². The van der Waals surface area contributed by atoms with Crippen LogP contribution in [0.4, 0.5) is 0 Å². The fraction of sp³-hybridized carbons (Fsp3) is 0.946. The lowest BCUT2D eigenvalue weighted by atomic mass is 10.1. The summed E-state index contributed by atoms with van der Waals surface area (Å²) in [6.07, 6.45) is 26.0. The molecule has 0 saturated carbocycles. The van der Waals surface area contributed by atoms with Crippen LogP contribution in [0.1, 0.15) is 155 Å². The number of hydrogen-bond donors (Lipinski definition) is 0. The van der Waals surface area contributed by atoms with Crippen molar-refractivity contribution in [1.82, 2.24) is 4.90 Å². The Morgan fingerprint density at radius 1 is 0.444 bits per heavy atom. The lowest BCUT2D eigenvalue weighted by Gasteiger charge is -2.23. The lowest BCUT2D eigenvalue weighted by Crippen LogP contribution is -2.33. The molecule has 8 nitrogen and oxygen atoms in total. The maximum Gasteiger partial charge on any atom is 0.306 e. The normalized spacial score (nSPS) is 11.3. The molecule has 0 bridgehead atoms. The van der Waals surface area contributed by atoms with E-state index in [-0.39, 0.29) is 31.3 Å². The average Bonchev–Trinajstić information content (AvgIpc) is 3.04. The summed E-state index contributed by atoms with van der Waals surface area (Å²) in [6, 6.07) is 0. The molecule has 268 valence electrons. The predicted molar refractivity (Wildman–Crippen MR) is 185 cm³/mol. The van der Waals surface area contributed by atoms with Crippen LogP contribution < -0.4 is 0 Å². The molecule has 0 rings (SSSR count). The number of methoxy groups -OCH3 is 1. The monoisotopic (exact) mass is 644 g/mol. The maximum absolute atomic E-state index is 13.1. The quantitative estimate of drug-likeness (QED) is 0.0495. The molecule has 0 aromatic rings. The van der Waals surface area contributed by atoms with Crippen molar-refractivity contribution in [2.75, 3.05) is 73.1 Å². The van der Waals surface area contributed by atoms with Crippen molar-refractivity contribution in [2.45, 2.75) is 155 Å². The van der Waals surface area contributed by atoms with E-state index < -0.39 is 0 Å². The van der Waals surface area contributed by atoms with Gasteiger partial charge in [-0.15, -0.1) is 0 Å². The molecule has 0 aliphatic rings. The van der Waals surface area contributed by atoms with Crippen LogP contribution in [0, 0.1) is 0 Å². The lowest BCUT2D eigenvalue weighted by molar-refractivity contribution is -0.147. The van der Waals surface area contributed by atoms with Crippen LogP contribution in [0.15, 0.2) is 0 Å². The topological polar surface area (TPSA) is 83.5 Å². The highest BCUT2D eigenvalue weighted by atomic mass is 16.6. The van der Waals surface area contributed by atoms with Gasteiger partial charge in [-0.1, -0.05) is 129 Å². The summed E-state index contributed by atoms with van der Waals surface area (Å²) in [5.74, 6) is -0.257. The second-order valence-corrected chi connectivity index (χ2v) is 12.3. The molecule has 45 heavy (non-hydrogen) atoms. The third-order valence-corrected chi connectivity index (χ3v) is 8.13. The number of hydrogen-bond acceptors (Lipinski definition) is 7. The summed E-state index contributed by atoms with van der Waals surface area (Å²) in [7, 11) is 1.64. The summed E-state index contributed by atoms with van der Waals surface area (Å²) in [5, 5.41) is 0. The molecule has 0 aromatic heterocycles. The maximum atomic E-state index is 13.1. The molecule has 0 saturated heterocycles. The summed E-state index contributed by atoms with van der Waals surface area (Å²) in [5.41, 5.74) is 0. The van der Waals surface area contributed by atoms with Gasteiger partial charge >= 0.3 is 5.97 Å². The second kappa shape index (κ2) is 37.2. The molecule has 0 radical (unpaired) electrons. The number of ether oxygens (including phenoxy) is 5. The Bertz CT molecular complexity index is 596. The first-order valence-corrected chi connectivity index (χ1v) is 18.8. The number of nitrogens with zero attached hydrogens (tertiary/aromatic N) is 1. The molecule has 0 fully saturated rings. The molecule has 8 heteroatoms. The molecule has 0 aromatic carbocycles. The van der Waals surface area contributed by atoms with E-state index in [2.05, 4.69) is 13.8 Å². The smallest absolute Gasteiger partial charge is 0.306 e. The first-order valence-electron chi connectivity index (χ1n) is 18.8. The van der Waals surface area contributed by atoms with Gasteiger partial charge in [0.2, 0.25) is 5.91 Å².